The standard InChI is InChI=1S/C27H35N5O2/c1-30-12-13-32(25(30)34)22-8-6-19(7-9-22)26-10-2-4-20-14-21(26)15-27(20,18-26)29-17-24(33)31-11-3-5-23(31)16-28/h6-9,20-21,23,29H,2-5,10-15,17-18H2,1H3/t20?,21?,23-,26?,27?/m0/s1. The van der Waals surface area contributed by atoms with Gasteiger partial charge in [0.05, 0.1) is 12.6 Å². The summed E-state index contributed by atoms with van der Waals surface area (Å²) in [4.78, 5) is 30.8. The summed E-state index contributed by atoms with van der Waals surface area (Å²) in [6.07, 6.45) is 8.88. The van der Waals surface area contributed by atoms with Crippen molar-refractivity contribution in [1.82, 2.24) is 15.1 Å². The highest BCUT2D eigenvalue weighted by Gasteiger charge is 2.64. The topological polar surface area (TPSA) is 79.7 Å². The Morgan fingerprint density at radius 2 is 1.97 bits per heavy atom. The van der Waals surface area contributed by atoms with Crippen molar-refractivity contribution in [3.63, 3.8) is 0 Å². The van der Waals surface area contributed by atoms with Crippen molar-refractivity contribution in [1.29, 1.82) is 5.26 Å². The van der Waals surface area contributed by atoms with Crippen LogP contribution < -0.4 is 10.2 Å². The average molecular weight is 462 g/mol. The summed E-state index contributed by atoms with van der Waals surface area (Å²) >= 11 is 0. The molecule has 0 spiro atoms. The van der Waals surface area contributed by atoms with E-state index in [1.165, 1.54) is 31.2 Å². The molecule has 7 heteroatoms. The Labute approximate surface area is 202 Å². The number of carbonyl (C=O) groups excluding carboxylic acids is 2. The Balaban J connectivity index is 1.21. The van der Waals surface area contributed by atoms with Crippen LogP contribution in [0.2, 0.25) is 0 Å². The molecule has 7 rings (SSSR count). The summed E-state index contributed by atoms with van der Waals surface area (Å²) in [5.41, 5.74) is 2.59. The predicted molar refractivity (Wildman–Crippen MR) is 129 cm³/mol. The van der Waals surface area contributed by atoms with Gasteiger partial charge in [-0.25, -0.2) is 4.79 Å². The first-order valence-electron chi connectivity index (χ1n) is 13.0. The molecule has 2 saturated heterocycles. The largest absolute Gasteiger partial charge is 0.326 e. The number of hydrogen-bond donors (Lipinski definition) is 1. The lowest BCUT2D eigenvalue weighted by molar-refractivity contribution is -0.130. The van der Waals surface area contributed by atoms with Crippen LogP contribution in [0.5, 0.6) is 0 Å². The van der Waals surface area contributed by atoms with Gasteiger partial charge in [0.2, 0.25) is 5.91 Å². The van der Waals surface area contributed by atoms with E-state index < -0.39 is 0 Å². The lowest BCUT2D eigenvalue weighted by Crippen LogP contribution is -2.53. The van der Waals surface area contributed by atoms with Crippen molar-refractivity contribution < 1.29 is 9.59 Å². The zero-order valence-corrected chi connectivity index (χ0v) is 20.1. The van der Waals surface area contributed by atoms with E-state index in [-0.39, 0.29) is 28.9 Å². The molecular weight excluding hydrogens is 426 g/mol. The number of hydrogen-bond acceptors (Lipinski definition) is 4. The zero-order chi connectivity index (χ0) is 23.5. The first-order valence-corrected chi connectivity index (χ1v) is 13.0. The van der Waals surface area contributed by atoms with Crippen LogP contribution in [0.1, 0.15) is 56.9 Å². The van der Waals surface area contributed by atoms with Crippen molar-refractivity contribution in [2.24, 2.45) is 11.8 Å². The van der Waals surface area contributed by atoms with E-state index in [4.69, 9.17) is 0 Å². The van der Waals surface area contributed by atoms with E-state index in [2.05, 4.69) is 35.7 Å². The second-order valence-corrected chi connectivity index (χ2v) is 11.3. The first kappa shape index (κ1) is 21.9. The lowest BCUT2D eigenvalue weighted by atomic mass is 9.65. The third-order valence-electron chi connectivity index (χ3n) is 9.83. The molecule has 2 heterocycles. The lowest BCUT2D eigenvalue weighted by Gasteiger charge is -2.42. The number of nitrogens with zero attached hydrogens (tertiary/aromatic N) is 4. The molecule has 7 nitrogen and oxygen atoms in total. The molecule has 4 bridgehead atoms. The fourth-order valence-corrected chi connectivity index (χ4v) is 8.13. The van der Waals surface area contributed by atoms with Crippen LogP contribution in [-0.2, 0) is 10.2 Å². The number of nitrogens with one attached hydrogen (secondary N) is 1. The molecule has 5 atom stereocenters. The van der Waals surface area contributed by atoms with Crippen molar-refractivity contribution in [2.45, 2.75) is 68.4 Å². The molecule has 0 aromatic heterocycles. The molecule has 0 radical (unpaired) electrons. The predicted octanol–water partition coefficient (Wildman–Crippen LogP) is 3.25. The molecule has 6 aliphatic rings. The number of fused-ring (bicyclic) bond motifs is 2. The van der Waals surface area contributed by atoms with Crippen molar-refractivity contribution in [2.75, 3.05) is 38.1 Å². The Hall–Kier alpha value is -2.59. The zero-order valence-electron chi connectivity index (χ0n) is 20.1. The van der Waals surface area contributed by atoms with E-state index in [0.29, 0.717) is 24.9 Å². The third-order valence-corrected chi connectivity index (χ3v) is 9.83. The SMILES string of the molecule is CN1CCN(c2ccc(C34CCCC5CC3CC5(NCC(=O)N3CCC[C@H]3C#N)C4)cc2)C1=O. The molecule has 4 aliphatic carbocycles. The van der Waals surface area contributed by atoms with Crippen LogP contribution in [0.3, 0.4) is 0 Å². The highest BCUT2D eigenvalue weighted by atomic mass is 16.2. The van der Waals surface area contributed by atoms with Crippen LogP contribution in [0, 0.1) is 23.2 Å². The van der Waals surface area contributed by atoms with Gasteiger partial charge < -0.3 is 15.1 Å². The molecule has 1 aromatic rings. The monoisotopic (exact) mass is 461 g/mol. The molecule has 2 aliphatic heterocycles. The average Bonchev–Trinajstić information content (AvgIpc) is 3.57. The second kappa shape index (κ2) is 7.98. The third kappa shape index (κ3) is 3.18. The molecule has 3 amide bonds. The maximum atomic E-state index is 13.0. The Bertz CT molecular complexity index is 1030. The molecule has 6 fully saturated rings. The van der Waals surface area contributed by atoms with Gasteiger partial charge in [0.1, 0.15) is 6.04 Å². The van der Waals surface area contributed by atoms with Gasteiger partial charge in [0.15, 0.2) is 0 Å². The smallest absolute Gasteiger partial charge is 0.324 e. The van der Waals surface area contributed by atoms with Crippen LogP contribution in [0.25, 0.3) is 0 Å². The van der Waals surface area contributed by atoms with Gasteiger partial charge in [0.25, 0.3) is 0 Å². The second-order valence-electron chi connectivity index (χ2n) is 11.3. The van der Waals surface area contributed by atoms with Crippen molar-refractivity contribution >= 4 is 17.6 Å². The highest BCUT2D eigenvalue weighted by Crippen LogP contribution is 2.66. The molecule has 1 aromatic carbocycles. The quantitative estimate of drug-likeness (QED) is 0.730. The van der Waals surface area contributed by atoms with Gasteiger partial charge in [-0.3, -0.25) is 9.69 Å². The maximum Gasteiger partial charge on any atom is 0.324 e. The summed E-state index contributed by atoms with van der Waals surface area (Å²) in [6.45, 7) is 2.58. The summed E-state index contributed by atoms with van der Waals surface area (Å²) in [6, 6.07) is 10.9. The first-order chi connectivity index (χ1) is 16.5. The number of nitriles is 1. The minimum atomic E-state index is -0.252. The van der Waals surface area contributed by atoms with E-state index >= 15 is 0 Å². The summed E-state index contributed by atoms with van der Waals surface area (Å²) in [5.74, 6) is 1.37. The number of likely N-dealkylation sites (N-methyl/N-ethyl adjacent to an activating group) is 1. The van der Waals surface area contributed by atoms with Gasteiger partial charge >= 0.3 is 6.03 Å². The minimum absolute atomic E-state index is 0.0327. The normalized spacial score (nSPS) is 36.4. The molecule has 180 valence electrons. The van der Waals surface area contributed by atoms with Crippen LogP contribution in [0.15, 0.2) is 24.3 Å². The fraction of sp³-hybridized carbons (Fsp3) is 0.667. The number of benzene rings is 1. The highest BCUT2D eigenvalue weighted by molar-refractivity contribution is 5.93. The van der Waals surface area contributed by atoms with Gasteiger partial charge in [-0.1, -0.05) is 18.6 Å². The number of likely N-dealkylation sites (tertiary alicyclic amines) is 1. The molecule has 1 N–H and O–H groups in total. The number of rotatable bonds is 5. The summed E-state index contributed by atoms with van der Waals surface area (Å²) in [5, 5.41) is 13.2. The van der Waals surface area contributed by atoms with E-state index in [9.17, 15) is 14.9 Å². The van der Waals surface area contributed by atoms with Gasteiger partial charge in [0, 0.05) is 37.9 Å². The molecule has 4 saturated carbocycles. The van der Waals surface area contributed by atoms with Crippen LogP contribution in [0.4, 0.5) is 10.5 Å². The van der Waals surface area contributed by atoms with Gasteiger partial charge in [-0.15, -0.1) is 0 Å². The summed E-state index contributed by atoms with van der Waals surface area (Å²) < 4.78 is 0. The van der Waals surface area contributed by atoms with E-state index in [1.54, 1.807) is 9.80 Å². The molecule has 4 unspecified atom stereocenters. The summed E-state index contributed by atoms with van der Waals surface area (Å²) in [7, 11) is 1.86. The number of anilines is 1. The Morgan fingerprint density at radius 3 is 2.71 bits per heavy atom. The maximum absolute atomic E-state index is 13.0. The van der Waals surface area contributed by atoms with Gasteiger partial charge in [-0.2, -0.15) is 5.26 Å². The van der Waals surface area contributed by atoms with Crippen molar-refractivity contribution in [3.8, 4) is 6.07 Å². The molecular formula is C27H35N5O2. The fourth-order valence-electron chi connectivity index (χ4n) is 8.13. The van der Waals surface area contributed by atoms with Gasteiger partial charge in [-0.05, 0) is 79.9 Å². The number of urea groups is 1. The number of carbonyl (C=O) groups is 2. The van der Waals surface area contributed by atoms with Crippen molar-refractivity contribution in [3.05, 3.63) is 29.8 Å². The van der Waals surface area contributed by atoms with E-state index in [0.717, 1.165) is 44.5 Å². The van der Waals surface area contributed by atoms with E-state index in [1.807, 2.05) is 11.9 Å². The minimum Gasteiger partial charge on any atom is -0.326 e. The Kier molecular flexibility index (Phi) is 5.14. The van der Waals surface area contributed by atoms with Crippen LogP contribution in [-0.4, -0.2) is 66.5 Å². The Morgan fingerprint density at radius 1 is 1.15 bits per heavy atom. The number of amides is 3. The molecule has 34 heavy (non-hydrogen) atoms. The van der Waals surface area contributed by atoms with Crippen LogP contribution >= 0.6 is 0 Å².